The third-order valence-corrected chi connectivity index (χ3v) is 5.49. The maximum Gasteiger partial charge on any atom is 0.234 e. The number of benzene rings is 2. The molecule has 1 aliphatic heterocycles. The van der Waals surface area contributed by atoms with Gasteiger partial charge >= 0.3 is 0 Å². The molecule has 2 aromatic carbocycles. The Labute approximate surface area is 165 Å². The molecule has 1 aliphatic rings. The second kappa shape index (κ2) is 9.81. The molecular weight excluding hydrogens is 358 g/mol. The Balaban J connectivity index is 1.50. The van der Waals surface area contributed by atoms with Gasteiger partial charge in [-0.05, 0) is 49.9 Å². The lowest BCUT2D eigenvalue weighted by molar-refractivity contribution is -0.113. The molecule has 0 aromatic heterocycles. The highest BCUT2D eigenvalue weighted by molar-refractivity contribution is 7.99. The lowest BCUT2D eigenvalue weighted by Gasteiger charge is -2.16. The molecule has 1 saturated heterocycles. The third-order valence-electron chi connectivity index (χ3n) is 4.48. The summed E-state index contributed by atoms with van der Waals surface area (Å²) in [6, 6.07) is 14.3. The Morgan fingerprint density at radius 1 is 1.19 bits per heavy atom. The van der Waals surface area contributed by atoms with E-state index in [1.54, 1.807) is 11.8 Å². The van der Waals surface area contributed by atoms with E-state index in [1.807, 2.05) is 25.1 Å². The van der Waals surface area contributed by atoms with Crippen molar-refractivity contribution in [3.05, 3.63) is 59.2 Å². The number of thioether (sulfide) groups is 1. The van der Waals surface area contributed by atoms with Gasteiger partial charge < -0.3 is 14.8 Å². The number of hydrogen-bond donors (Lipinski definition) is 1. The monoisotopic (exact) mass is 385 g/mol. The molecule has 1 amide bonds. The van der Waals surface area contributed by atoms with Crippen molar-refractivity contribution in [2.75, 3.05) is 24.3 Å². The Morgan fingerprint density at radius 2 is 1.96 bits per heavy atom. The molecule has 2 aromatic rings. The molecule has 1 N–H and O–H groups in total. The van der Waals surface area contributed by atoms with Gasteiger partial charge in [-0.3, -0.25) is 4.79 Å². The van der Waals surface area contributed by atoms with Gasteiger partial charge in [0, 0.05) is 12.4 Å². The molecule has 1 fully saturated rings. The SMILES string of the molecule is Cc1ccc(CSCC(=O)Nc2ccc(C)cc2OCC2CCCO2)cc1. The Morgan fingerprint density at radius 3 is 2.70 bits per heavy atom. The molecule has 1 heterocycles. The minimum Gasteiger partial charge on any atom is -0.489 e. The number of aryl methyl sites for hydroxylation is 2. The van der Waals surface area contributed by atoms with Crippen LogP contribution in [0.5, 0.6) is 5.75 Å². The van der Waals surface area contributed by atoms with Gasteiger partial charge in [0.25, 0.3) is 0 Å². The van der Waals surface area contributed by atoms with E-state index in [9.17, 15) is 4.79 Å². The zero-order valence-electron chi connectivity index (χ0n) is 16.0. The van der Waals surface area contributed by atoms with Crippen LogP contribution in [0.25, 0.3) is 0 Å². The first-order valence-corrected chi connectivity index (χ1v) is 10.5. The smallest absolute Gasteiger partial charge is 0.234 e. The average Bonchev–Trinajstić information content (AvgIpc) is 3.17. The van der Waals surface area contributed by atoms with Crippen LogP contribution in [-0.4, -0.2) is 31.0 Å². The summed E-state index contributed by atoms with van der Waals surface area (Å²) in [6.45, 7) is 5.42. The molecular formula is C22H27NO3S. The highest BCUT2D eigenvalue weighted by Crippen LogP contribution is 2.27. The summed E-state index contributed by atoms with van der Waals surface area (Å²) >= 11 is 1.61. The molecule has 3 rings (SSSR count). The van der Waals surface area contributed by atoms with Gasteiger partial charge in [-0.1, -0.05) is 35.9 Å². The first-order chi connectivity index (χ1) is 13.1. The zero-order chi connectivity index (χ0) is 19.1. The maximum atomic E-state index is 12.3. The van der Waals surface area contributed by atoms with Gasteiger partial charge in [0.15, 0.2) is 0 Å². The molecule has 1 unspecified atom stereocenters. The quantitative estimate of drug-likeness (QED) is 0.713. The van der Waals surface area contributed by atoms with Gasteiger partial charge in [0.05, 0.1) is 17.5 Å². The molecule has 0 radical (unpaired) electrons. The second-order valence-corrected chi connectivity index (χ2v) is 7.96. The molecule has 144 valence electrons. The van der Waals surface area contributed by atoms with E-state index in [0.717, 1.165) is 36.5 Å². The van der Waals surface area contributed by atoms with Gasteiger partial charge in [-0.25, -0.2) is 0 Å². The van der Waals surface area contributed by atoms with E-state index >= 15 is 0 Å². The molecule has 5 heteroatoms. The highest BCUT2D eigenvalue weighted by atomic mass is 32.2. The van der Waals surface area contributed by atoms with Crippen LogP contribution in [0.1, 0.15) is 29.5 Å². The van der Waals surface area contributed by atoms with E-state index < -0.39 is 0 Å². The average molecular weight is 386 g/mol. The number of ether oxygens (including phenoxy) is 2. The van der Waals surface area contributed by atoms with Crippen LogP contribution < -0.4 is 10.1 Å². The zero-order valence-corrected chi connectivity index (χ0v) is 16.8. The van der Waals surface area contributed by atoms with Crippen molar-refractivity contribution in [2.45, 2.75) is 38.5 Å². The Bertz CT molecular complexity index is 755. The van der Waals surface area contributed by atoms with Crippen molar-refractivity contribution >= 4 is 23.4 Å². The first-order valence-electron chi connectivity index (χ1n) is 9.38. The molecule has 0 saturated carbocycles. The fourth-order valence-electron chi connectivity index (χ4n) is 2.94. The standard InChI is InChI=1S/C22H27NO3S/c1-16-5-8-18(9-6-16)14-27-15-22(24)23-20-10-7-17(2)12-21(20)26-13-19-4-3-11-25-19/h5-10,12,19H,3-4,11,13-15H2,1-2H3,(H,23,24). The first kappa shape index (κ1) is 19.8. The summed E-state index contributed by atoms with van der Waals surface area (Å²) in [5.74, 6) is 1.93. The van der Waals surface area contributed by atoms with Crippen molar-refractivity contribution < 1.29 is 14.3 Å². The Kier molecular flexibility index (Phi) is 7.18. The summed E-state index contributed by atoms with van der Waals surface area (Å²) < 4.78 is 11.6. The molecule has 0 spiro atoms. The number of nitrogens with one attached hydrogen (secondary N) is 1. The van der Waals surface area contributed by atoms with E-state index in [1.165, 1.54) is 11.1 Å². The third kappa shape index (κ3) is 6.29. The van der Waals surface area contributed by atoms with Crippen molar-refractivity contribution in [3.63, 3.8) is 0 Å². The molecule has 4 nitrogen and oxygen atoms in total. The predicted molar refractivity (Wildman–Crippen MR) is 112 cm³/mol. The topological polar surface area (TPSA) is 47.6 Å². The summed E-state index contributed by atoms with van der Waals surface area (Å²) in [5.41, 5.74) is 4.30. The van der Waals surface area contributed by atoms with Crippen molar-refractivity contribution in [2.24, 2.45) is 0 Å². The van der Waals surface area contributed by atoms with Crippen LogP contribution in [0.2, 0.25) is 0 Å². The van der Waals surface area contributed by atoms with E-state index in [4.69, 9.17) is 9.47 Å². The largest absolute Gasteiger partial charge is 0.489 e. The van der Waals surface area contributed by atoms with Crippen LogP contribution in [0.15, 0.2) is 42.5 Å². The van der Waals surface area contributed by atoms with Crippen molar-refractivity contribution in [3.8, 4) is 5.75 Å². The van der Waals surface area contributed by atoms with Crippen LogP contribution >= 0.6 is 11.8 Å². The fraction of sp³-hybridized carbons (Fsp3) is 0.409. The molecule has 1 atom stereocenters. The number of carbonyl (C=O) groups excluding carboxylic acids is 1. The van der Waals surface area contributed by atoms with E-state index in [0.29, 0.717) is 18.1 Å². The lowest BCUT2D eigenvalue weighted by Crippen LogP contribution is -2.19. The summed E-state index contributed by atoms with van der Waals surface area (Å²) in [7, 11) is 0. The fourth-order valence-corrected chi connectivity index (χ4v) is 3.73. The van der Waals surface area contributed by atoms with Crippen LogP contribution in [0.4, 0.5) is 5.69 Å². The van der Waals surface area contributed by atoms with E-state index in [-0.39, 0.29) is 12.0 Å². The highest BCUT2D eigenvalue weighted by Gasteiger charge is 2.17. The summed E-state index contributed by atoms with van der Waals surface area (Å²) in [6.07, 6.45) is 2.27. The maximum absolute atomic E-state index is 12.3. The van der Waals surface area contributed by atoms with Crippen LogP contribution in [-0.2, 0) is 15.3 Å². The number of carbonyl (C=O) groups is 1. The number of hydrogen-bond acceptors (Lipinski definition) is 4. The molecule has 0 aliphatic carbocycles. The van der Waals surface area contributed by atoms with Gasteiger partial charge in [0.1, 0.15) is 12.4 Å². The summed E-state index contributed by atoms with van der Waals surface area (Å²) in [4.78, 5) is 12.3. The van der Waals surface area contributed by atoms with E-state index in [2.05, 4.69) is 36.5 Å². The summed E-state index contributed by atoms with van der Waals surface area (Å²) in [5, 5.41) is 2.98. The van der Waals surface area contributed by atoms with Gasteiger partial charge in [0.2, 0.25) is 5.91 Å². The number of amides is 1. The predicted octanol–water partition coefficient (Wildman–Crippen LogP) is 4.73. The van der Waals surface area contributed by atoms with Crippen molar-refractivity contribution in [1.82, 2.24) is 0 Å². The minimum absolute atomic E-state index is 0.0158. The van der Waals surface area contributed by atoms with Crippen LogP contribution in [0.3, 0.4) is 0 Å². The van der Waals surface area contributed by atoms with Gasteiger partial charge in [-0.15, -0.1) is 11.8 Å². The minimum atomic E-state index is -0.0158. The van der Waals surface area contributed by atoms with Crippen LogP contribution in [0, 0.1) is 13.8 Å². The molecule has 27 heavy (non-hydrogen) atoms. The van der Waals surface area contributed by atoms with Gasteiger partial charge in [-0.2, -0.15) is 0 Å². The van der Waals surface area contributed by atoms with Crippen molar-refractivity contribution in [1.29, 1.82) is 0 Å². The number of rotatable bonds is 8. The number of anilines is 1. The Hall–Kier alpha value is -1.98. The second-order valence-electron chi connectivity index (χ2n) is 6.97. The lowest BCUT2D eigenvalue weighted by atomic mass is 10.2. The normalized spacial score (nSPS) is 16.3. The molecule has 0 bridgehead atoms.